The van der Waals surface area contributed by atoms with Gasteiger partial charge in [-0.25, -0.2) is 0 Å². The molecule has 1 N–H and O–H groups in total. The van der Waals surface area contributed by atoms with Gasteiger partial charge in [-0.2, -0.15) is 0 Å². The first-order chi connectivity index (χ1) is 10.2. The molecule has 0 aliphatic heterocycles. The number of rotatable bonds is 4. The first kappa shape index (κ1) is 13.6. The second-order valence-corrected chi connectivity index (χ2v) is 5.41. The molecule has 4 nitrogen and oxygen atoms in total. The highest BCUT2D eigenvalue weighted by molar-refractivity contribution is 5.74. The summed E-state index contributed by atoms with van der Waals surface area (Å²) in [5.41, 5.74) is 4.60. The van der Waals surface area contributed by atoms with Gasteiger partial charge < -0.3 is 5.11 Å². The van der Waals surface area contributed by atoms with E-state index >= 15 is 0 Å². The van der Waals surface area contributed by atoms with E-state index in [4.69, 9.17) is 0 Å². The van der Waals surface area contributed by atoms with Crippen LogP contribution in [0.4, 0.5) is 0 Å². The molecule has 0 unspecified atom stereocenters. The van der Waals surface area contributed by atoms with Crippen LogP contribution in [-0.4, -0.2) is 20.1 Å². The highest BCUT2D eigenvalue weighted by atomic mass is 16.3. The van der Waals surface area contributed by atoms with Gasteiger partial charge in [-0.15, -0.1) is 15.0 Å². The fraction of sp³-hybridized carbons (Fsp3) is 0.294. The minimum Gasteiger partial charge on any atom is -0.506 e. The Balaban J connectivity index is 2.00. The maximum Gasteiger partial charge on any atom is 0.143 e. The maximum absolute atomic E-state index is 10.0. The number of fused-ring (bicyclic) bond motifs is 1. The molecule has 2 aromatic carbocycles. The summed E-state index contributed by atoms with van der Waals surface area (Å²) < 4.78 is 0. The van der Waals surface area contributed by atoms with Crippen molar-refractivity contribution in [1.29, 1.82) is 0 Å². The molecule has 0 bridgehead atoms. The van der Waals surface area contributed by atoms with Crippen molar-refractivity contribution in [1.82, 2.24) is 15.0 Å². The number of unbranched alkanes of at least 4 members (excludes halogenated alkanes) is 1. The van der Waals surface area contributed by atoms with E-state index in [-0.39, 0.29) is 5.75 Å². The highest BCUT2D eigenvalue weighted by Crippen LogP contribution is 2.23. The van der Waals surface area contributed by atoms with Gasteiger partial charge in [0.2, 0.25) is 0 Å². The molecule has 1 aromatic heterocycles. The molecule has 4 heteroatoms. The second kappa shape index (κ2) is 5.56. The Morgan fingerprint density at radius 1 is 1.05 bits per heavy atom. The van der Waals surface area contributed by atoms with Crippen LogP contribution in [0.5, 0.6) is 5.75 Å². The monoisotopic (exact) mass is 281 g/mol. The molecule has 0 aliphatic carbocycles. The lowest BCUT2D eigenvalue weighted by Gasteiger charge is -2.03. The van der Waals surface area contributed by atoms with Crippen molar-refractivity contribution >= 4 is 11.0 Å². The number of aryl methyl sites for hydroxylation is 2. The average Bonchev–Trinajstić information content (AvgIpc) is 2.87. The Kier molecular flexibility index (Phi) is 3.60. The first-order valence-corrected chi connectivity index (χ1v) is 7.33. The number of aromatic nitrogens is 3. The molecule has 0 saturated carbocycles. The lowest BCUT2D eigenvalue weighted by molar-refractivity contribution is 0.467. The van der Waals surface area contributed by atoms with Gasteiger partial charge in [-0.05, 0) is 55.2 Å². The van der Waals surface area contributed by atoms with Gasteiger partial charge in [-0.3, -0.25) is 0 Å². The van der Waals surface area contributed by atoms with Crippen LogP contribution in [0.3, 0.4) is 0 Å². The van der Waals surface area contributed by atoms with Crippen LogP contribution in [0, 0.1) is 6.92 Å². The van der Waals surface area contributed by atoms with Gasteiger partial charge in [0.1, 0.15) is 22.5 Å². The van der Waals surface area contributed by atoms with E-state index in [2.05, 4.69) is 29.3 Å². The number of hydrogen-bond donors (Lipinski definition) is 1. The predicted molar refractivity (Wildman–Crippen MR) is 83.9 cm³/mol. The molecule has 3 aromatic rings. The van der Waals surface area contributed by atoms with Crippen LogP contribution in [0.25, 0.3) is 16.7 Å². The fourth-order valence-electron chi connectivity index (χ4n) is 2.41. The largest absolute Gasteiger partial charge is 0.506 e. The standard InChI is InChI=1S/C17H19N3O/c1-3-4-5-13-7-8-14-15(11-13)19-20(18-14)16-9-6-12(2)10-17(16)21/h6-11,21H,3-5H2,1-2H3. The van der Waals surface area contributed by atoms with Crippen molar-refractivity contribution in [3.8, 4) is 11.4 Å². The normalized spacial score (nSPS) is 11.1. The third kappa shape index (κ3) is 2.75. The van der Waals surface area contributed by atoms with E-state index in [0.29, 0.717) is 5.69 Å². The predicted octanol–water partition coefficient (Wildman–Crippen LogP) is 3.78. The fourth-order valence-corrected chi connectivity index (χ4v) is 2.41. The third-order valence-corrected chi connectivity index (χ3v) is 3.61. The maximum atomic E-state index is 10.0. The molecule has 0 aliphatic rings. The van der Waals surface area contributed by atoms with Crippen LogP contribution in [0.1, 0.15) is 30.9 Å². The van der Waals surface area contributed by atoms with Gasteiger partial charge in [-0.1, -0.05) is 25.5 Å². The minimum atomic E-state index is 0.196. The smallest absolute Gasteiger partial charge is 0.143 e. The molecule has 0 fully saturated rings. The summed E-state index contributed by atoms with van der Waals surface area (Å²) in [6.45, 7) is 4.13. The van der Waals surface area contributed by atoms with Gasteiger partial charge in [0.25, 0.3) is 0 Å². The summed E-state index contributed by atoms with van der Waals surface area (Å²) in [6, 6.07) is 11.7. The zero-order chi connectivity index (χ0) is 14.8. The van der Waals surface area contributed by atoms with Gasteiger partial charge >= 0.3 is 0 Å². The molecular weight excluding hydrogens is 262 g/mol. The molecule has 0 amide bonds. The quantitative estimate of drug-likeness (QED) is 0.791. The second-order valence-electron chi connectivity index (χ2n) is 5.41. The summed E-state index contributed by atoms with van der Waals surface area (Å²) in [6.07, 6.45) is 3.43. The number of benzene rings is 2. The Labute approximate surface area is 124 Å². The summed E-state index contributed by atoms with van der Waals surface area (Å²) in [7, 11) is 0. The molecule has 21 heavy (non-hydrogen) atoms. The SMILES string of the molecule is CCCCc1ccc2nn(-c3ccc(C)cc3O)nc2c1. The summed E-state index contributed by atoms with van der Waals surface area (Å²) in [5, 5.41) is 19.0. The van der Waals surface area contributed by atoms with E-state index in [0.717, 1.165) is 23.0 Å². The van der Waals surface area contributed by atoms with Crippen molar-refractivity contribution in [2.45, 2.75) is 33.1 Å². The van der Waals surface area contributed by atoms with Gasteiger partial charge in [0.15, 0.2) is 0 Å². The lowest BCUT2D eigenvalue weighted by Crippen LogP contribution is -1.98. The summed E-state index contributed by atoms with van der Waals surface area (Å²) in [4.78, 5) is 1.50. The molecule has 0 spiro atoms. The van der Waals surface area contributed by atoms with E-state index in [1.165, 1.54) is 23.2 Å². The van der Waals surface area contributed by atoms with Crippen molar-refractivity contribution in [3.05, 3.63) is 47.5 Å². The van der Waals surface area contributed by atoms with E-state index in [1.807, 2.05) is 25.1 Å². The minimum absolute atomic E-state index is 0.196. The number of aromatic hydroxyl groups is 1. The van der Waals surface area contributed by atoms with Crippen molar-refractivity contribution in [2.75, 3.05) is 0 Å². The van der Waals surface area contributed by atoms with Crippen molar-refractivity contribution in [3.63, 3.8) is 0 Å². The molecule has 0 atom stereocenters. The Morgan fingerprint density at radius 3 is 2.62 bits per heavy atom. The van der Waals surface area contributed by atoms with Crippen LogP contribution < -0.4 is 0 Å². The van der Waals surface area contributed by atoms with Crippen molar-refractivity contribution in [2.24, 2.45) is 0 Å². The zero-order valence-electron chi connectivity index (χ0n) is 12.4. The Bertz CT molecular complexity index is 777. The molecular formula is C17H19N3O. The molecule has 108 valence electrons. The van der Waals surface area contributed by atoms with Crippen molar-refractivity contribution < 1.29 is 5.11 Å². The van der Waals surface area contributed by atoms with Crippen LogP contribution in [-0.2, 0) is 6.42 Å². The van der Waals surface area contributed by atoms with Gasteiger partial charge in [0.05, 0.1) is 0 Å². The zero-order valence-corrected chi connectivity index (χ0v) is 12.4. The number of phenolic OH excluding ortho intramolecular Hbond substituents is 1. The van der Waals surface area contributed by atoms with Crippen LogP contribution in [0.2, 0.25) is 0 Å². The molecule has 0 radical (unpaired) electrons. The number of phenols is 1. The number of nitrogens with zero attached hydrogens (tertiary/aromatic N) is 3. The van der Waals surface area contributed by atoms with Crippen LogP contribution >= 0.6 is 0 Å². The highest BCUT2D eigenvalue weighted by Gasteiger charge is 2.09. The van der Waals surface area contributed by atoms with Crippen LogP contribution in [0.15, 0.2) is 36.4 Å². The Morgan fingerprint density at radius 2 is 1.86 bits per heavy atom. The average molecular weight is 281 g/mol. The molecule has 0 saturated heterocycles. The molecule has 1 heterocycles. The molecule has 3 rings (SSSR count). The Hall–Kier alpha value is -2.36. The van der Waals surface area contributed by atoms with E-state index in [9.17, 15) is 5.11 Å². The first-order valence-electron chi connectivity index (χ1n) is 7.33. The topological polar surface area (TPSA) is 50.9 Å². The summed E-state index contributed by atoms with van der Waals surface area (Å²) >= 11 is 0. The van der Waals surface area contributed by atoms with Gasteiger partial charge in [0, 0.05) is 0 Å². The lowest BCUT2D eigenvalue weighted by atomic mass is 10.1. The summed E-state index contributed by atoms with van der Waals surface area (Å²) in [5.74, 6) is 0.196. The third-order valence-electron chi connectivity index (χ3n) is 3.61. The van der Waals surface area contributed by atoms with E-state index < -0.39 is 0 Å². The van der Waals surface area contributed by atoms with E-state index in [1.54, 1.807) is 6.07 Å². The number of hydrogen-bond acceptors (Lipinski definition) is 3.